The highest BCUT2D eigenvalue weighted by atomic mass is 16.5. The van der Waals surface area contributed by atoms with Crippen LogP contribution in [0, 0.1) is 0 Å². The molecule has 1 aliphatic rings. The molecule has 0 bridgehead atoms. The summed E-state index contributed by atoms with van der Waals surface area (Å²) in [5, 5.41) is 8.82. The predicted molar refractivity (Wildman–Crippen MR) is 97.4 cm³/mol. The Balaban J connectivity index is 1.73. The standard InChI is InChI=1S/C19H28N2O5/c1-20(14-19(23)24)12-17-13-21(10-11-26-17)18(22)5-3-4-15-6-8-16(25-2)9-7-15/h6-9,17H,3-5,10-14H2,1-2H3,(H,23,24). The number of ether oxygens (including phenoxy) is 2. The van der Waals surface area contributed by atoms with Crippen molar-refractivity contribution in [2.75, 3.05) is 46.9 Å². The predicted octanol–water partition coefficient (Wildman–Crippen LogP) is 1.26. The number of hydrogen-bond donors (Lipinski definition) is 1. The number of methoxy groups -OCH3 is 1. The molecule has 144 valence electrons. The van der Waals surface area contributed by atoms with E-state index in [0.29, 0.717) is 32.7 Å². The van der Waals surface area contributed by atoms with E-state index >= 15 is 0 Å². The Hall–Kier alpha value is -2.12. The molecule has 0 saturated carbocycles. The quantitative estimate of drug-likeness (QED) is 0.711. The van der Waals surface area contributed by atoms with Crippen LogP contribution < -0.4 is 4.74 Å². The van der Waals surface area contributed by atoms with Crippen molar-refractivity contribution < 1.29 is 24.2 Å². The van der Waals surface area contributed by atoms with Gasteiger partial charge in [0.25, 0.3) is 0 Å². The monoisotopic (exact) mass is 364 g/mol. The van der Waals surface area contributed by atoms with Crippen molar-refractivity contribution in [1.29, 1.82) is 0 Å². The first-order chi connectivity index (χ1) is 12.5. The molecule has 1 aromatic rings. The molecule has 0 aliphatic carbocycles. The third kappa shape index (κ3) is 6.65. The maximum atomic E-state index is 12.4. The SMILES string of the molecule is COc1ccc(CCCC(=O)N2CCOC(CN(C)CC(=O)O)C2)cc1. The average molecular weight is 364 g/mol. The molecule has 1 fully saturated rings. The van der Waals surface area contributed by atoms with Crippen LogP contribution in [0.25, 0.3) is 0 Å². The molecule has 1 aromatic carbocycles. The van der Waals surface area contributed by atoms with Crippen molar-refractivity contribution >= 4 is 11.9 Å². The lowest BCUT2D eigenvalue weighted by Gasteiger charge is -2.34. The Morgan fingerprint density at radius 1 is 1.35 bits per heavy atom. The Labute approximate surface area is 154 Å². The minimum absolute atomic E-state index is 0.0321. The second kappa shape index (κ2) is 10.1. The molecular weight excluding hydrogens is 336 g/mol. The van der Waals surface area contributed by atoms with Crippen molar-refractivity contribution in [3.05, 3.63) is 29.8 Å². The summed E-state index contributed by atoms with van der Waals surface area (Å²) >= 11 is 0. The van der Waals surface area contributed by atoms with Gasteiger partial charge in [-0.25, -0.2) is 0 Å². The van der Waals surface area contributed by atoms with Crippen molar-refractivity contribution in [3.63, 3.8) is 0 Å². The zero-order valence-electron chi connectivity index (χ0n) is 15.5. The number of benzene rings is 1. The third-order valence-electron chi connectivity index (χ3n) is 4.43. The largest absolute Gasteiger partial charge is 0.497 e. The summed E-state index contributed by atoms with van der Waals surface area (Å²) in [5.74, 6) is 0.0968. The fraction of sp³-hybridized carbons (Fsp3) is 0.579. The topological polar surface area (TPSA) is 79.3 Å². The molecule has 2 rings (SSSR count). The van der Waals surface area contributed by atoms with Gasteiger partial charge in [0, 0.05) is 26.1 Å². The minimum atomic E-state index is -0.866. The number of carboxylic acid groups (broad SMARTS) is 1. The molecule has 1 atom stereocenters. The molecule has 1 heterocycles. The van der Waals surface area contributed by atoms with Gasteiger partial charge in [-0.1, -0.05) is 12.1 Å². The molecule has 0 radical (unpaired) electrons. The summed E-state index contributed by atoms with van der Waals surface area (Å²) < 4.78 is 10.8. The lowest BCUT2D eigenvalue weighted by molar-refractivity contribution is -0.142. The lowest BCUT2D eigenvalue weighted by atomic mass is 10.1. The summed E-state index contributed by atoms with van der Waals surface area (Å²) in [5.41, 5.74) is 1.19. The zero-order chi connectivity index (χ0) is 18.9. The summed E-state index contributed by atoms with van der Waals surface area (Å²) in [7, 11) is 3.38. The highest BCUT2D eigenvalue weighted by molar-refractivity contribution is 5.76. The van der Waals surface area contributed by atoms with Gasteiger partial charge in [0.1, 0.15) is 5.75 Å². The summed E-state index contributed by atoms with van der Waals surface area (Å²) in [6.07, 6.45) is 2.01. The molecule has 1 N–H and O–H groups in total. The average Bonchev–Trinajstić information content (AvgIpc) is 2.61. The molecule has 1 saturated heterocycles. The maximum Gasteiger partial charge on any atom is 0.317 e. The third-order valence-corrected chi connectivity index (χ3v) is 4.43. The van der Waals surface area contributed by atoms with Gasteiger partial charge in [0.05, 0.1) is 26.4 Å². The zero-order valence-corrected chi connectivity index (χ0v) is 15.5. The molecule has 0 aromatic heterocycles. The number of nitrogens with zero attached hydrogens (tertiary/aromatic N) is 2. The molecule has 1 unspecified atom stereocenters. The number of likely N-dealkylation sites (N-methyl/N-ethyl adjacent to an activating group) is 1. The van der Waals surface area contributed by atoms with E-state index in [2.05, 4.69) is 0 Å². The number of rotatable bonds is 9. The van der Waals surface area contributed by atoms with E-state index < -0.39 is 5.97 Å². The van der Waals surface area contributed by atoms with Crippen LogP contribution in [0.15, 0.2) is 24.3 Å². The first-order valence-corrected chi connectivity index (χ1v) is 8.90. The molecule has 7 nitrogen and oxygen atoms in total. The Kier molecular flexibility index (Phi) is 7.87. The van der Waals surface area contributed by atoms with Crippen molar-refractivity contribution in [2.45, 2.75) is 25.4 Å². The van der Waals surface area contributed by atoms with Crippen LogP contribution in [-0.2, 0) is 20.7 Å². The Bertz CT molecular complexity index is 590. The lowest BCUT2D eigenvalue weighted by Crippen LogP contribution is -2.49. The first-order valence-electron chi connectivity index (χ1n) is 8.90. The summed E-state index contributed by atoms with van der Waals surface area (Å²) in [6.45, 7) is 2.08. The number of morpholine rings is 1. The van der Waals surface area contributed by atoms with Gasteiger partial charge in [0.2, 0.25) is 5.91 Å². The second-order valence-corrected chi connectivity index (χ2v) is 6.62. The van der Waals surface area contributed by atoms with Crippen molar-refractivity contribution in [3.8, 4) is 5.75 Å². The highest BCUT2D eigenvalue weighted by Gasteiger charge is 2.25. The number of aliphatic carboxylic acids is 1. The molecule has 7 heteroatoms. The van der Waals surface area contributed by atoms with Crippen molar-refractivity contribution in [1.82, 2.24) is 9.80 Å². The van der Waals surface area contributed by atoms with E-state index in [1.165, 1.54) is 5.56 Å². The van der Waals surface area contributed by atoms with Crippen molar-refractivity contribution in [2.24, 2.45) is 0 Å². The van der Waals surface area contributed by atoms with Gasteiger partial charge in [-0.15, -0.1) is 0 Å². The fourth-order valence-electron chi connectivity index (χ4n) is 3.09. The van der Waals surface area contributed by atoms with E-state index in [1.807, 2.05) is 29.2 Å². The van der Waals surface area contributed by atoms with Gasteiger partial charge in [-0.2, -0.15) is 0 Å². The van der Waals surface area contributed by atoms with E-state index in [4.69, 9.17) is 14.6 Å². The van der Waals surface area contributed by atoms with Gasteiger partial charge in [-0.05, 0) is 37.6 Å². The summed E-state index contributed by atoms with van der Waals surface area (Å²) in [4.78, 5) is 26.7. The Morgan fingerprint density at radius 2 is 2.08 bits per heavy atom. The molecule has 0 spiro atoms. The van der Waals surface area contributed by atoms with E-state index in [1.54, 1.807) is 19.1 Å². The van der Waals surface area contributed by atoms with Gasteiger partial charge >= 0.3 is 5.97 Å². The maximum absolute atomic E-state index is 12.4. The first kappa shape index (κ1) is 20.2. The minimum Gasteiger partial charge on any atom is -0.497 e. The molecule has 1 amide bonds. The van der Waals surface area contributed by atoms with E-state index in [-0.39, 0.29) is 18.6 Å². The van der Waals surface area contributed by atoms with Crippen LogP contribution >= 0.6 is 0 Å². The molecule has 1 aliphatic heterocycles. The van der Waals surface area contributed by atoms with Gasteiger partial charge in [0.15, 0.2) is 0 Å². The normalized spacial score (nSPS) is 17.3. The van der Waals surface area contributed by atoms with E-state index in [0.717, 1.165) is 18.6 Å². The fourth-order valence-corrected chi connectivity index (χ4v) is 3.09. The van der Waals surface area contributed by atoms with Crippen LogP contribution in [0.4, 0.5) is 0 Å². The molecule has 26 heavy (non-hydrogen) atoms. The van der Waals surface area contributed by atoms with Gasteiger partial charge in [-0.3, -0.25) is 14.5 Å². The number of hydrogen-bond acceptors (Lipinski definition) is 5. The smallest absolute Gasteiger partial charge is 0.317 e. The van der Waals surface area contributed by atoms with Crippen LogP contribution in [0.5, 0.6) is 5.75 Å². The number of carbonyl (C=O) groups excluding carboxylic acids is 1. The second-order valence-electron chi connectivity index (χ2n) is 6.62. The number of carbonyl (C=O) groups is 2. The highest BCUT2D eigenvalue weighted by Crippen LogP contribution is 2.14. The number of carboxylic acids is 1. The van der Waals surface area contributed by atoms with Crippen LogP contribution in [-0.4, -0.2) is 79.8 Å². The summed E-state index contributed by atoms with van der Waals surface area (Å²) in [6, 6.07) is 7.90. The molecular formula is C19H28N2O5. The number of amides is 1. The van der Waals surface area contributed by atoms with Crippen LogP contribution in [0.3, 0.4) is 0 Å². The Morgan fingerprint density at radius 3 is 2.73 bits per heavy atom. The van der Waals surface area contributed by atoms with Gasteiger partial charge < -0.3 is 19.5 Å². The number of aryl methyl sites for hydroxylation is 1. The van der Waals surface area contributed by atoms with E-state index in [9.17, 15) is 9.59 Å². The van der Waals surface area contributed by atoms with Crippen LogP contribution in [0.1, 0.15) is 18.4 Å². The van der Waals surface area contributed by atoms with Crippen LogP contribution in [0.2, 0.25) is 0 Å².